The van der Waals surface area contributed by atoms with Crippen LogP contribution in [0.5, 0.6) is 0 Å². The highest BCUT2D eigenvalue weighted by Gasteiger charge is 2.43. The molecule has 8 heteroatoms. The molecule has 1 saturated carbocycles. The molecule has 2 saturated heterocycles. The third kappa shape index (κ3) is 3.52. The standard InChI is InChI=1S/C19H21ClFN3O3/c20-14-2-1-3-15(21)17(14)19(27)23-8-6-22(7-9-23)18(26)12-10-16(25)24(11-12)13-4-5-13/h1-3,12-13H,4-11H2. The molecular formula is C19H21ClFN3O3. The zero-order chi connectivity index (χ0) is 19.1. The Morgan fingerprint density at radius 2 is 1.74 bits per heavy atom. The molecule has 1 atom stereocenters. The number of benzene rings is 1. The number of carbonyl (C=O) groups is 3. The number of hydrogen-bond donors (Lipinski definition) is 0. The maximum Gasteiger partial charge on any atom is 0.258 e. The quantitative estimate of drug-likeness (QED) is 0.786. The Bertz CT molecular complexity index is 770. The molecule has 0 spiro atoms. The molecule has 1 aromatic carbocycles. The van der Waals surface area contributed by atoms with Crippen LogP contribution >= 0.6 is 11.6 Å². The predicted octanol–water partition coefficient (Wildman–Crippen LogP) is 1.77. The van der Waals surface area contributed by atoms with Crippen LogP contribution in [0.15, 0.2) is 18.2 Å². The summed E-state index contributed by atoms with van der Waals surface area (Å²) in [6, 6.07) is 4.48. The second-order valence-electron chi connectivity index (χ2n) is 7.39. The maximum absolute atomic E-state index is 14.0. The highest BCUT2D eigenvalue weighted by molar-refractivity contribution is 6.33. The summed E-state index contributed by atoms with van der Waals surface area (Å²) in [6.07, 6.45) is 2.34. The third-order valence-corrected chi connectivity index (χ3v) is 5.87. The van der Waals surface area contributed by atoms with Gasteiger partial charge in [-0.05, 0) is 25.0 Å². The minimum absolute atomic E-state index is 0.0254. The molecule has 3 fully saturated rings. The van der Waals surface area contributed by atoms with Gasteiger partial charge in [0, 0.05) is 45.2 Å². The Kier molecular flexibility index (Phi) is 4.80. The number of nitrogens with zero attached hydrogens (tertiary/aromatic N) is 3. The summed E-state index contributed by atoms with van der Waals surface area (Å²) in [6.45, 7) is 1.91. The van der Waals surface area contributed by atoms with Gasteiger partial charge in [0.25, 0.3) is 5.91 Å². The van der Waals surface area contributed by atoms with Crippen molar-refractivity contribution in [1.29, 1.82) is 0 Å². The van der Waals surface area contributed by atoms with Crippen molar-refractivity contribution in [3.63, 3.8) is 0 Å². The average molecular weight is 394 g/mol. The van der Waals surface area contributed by atoms with Gasteiger partial charge in [-0.15, -0.1) is 0 Å². The van der Waals surface area contributed by atoms with E-state index in [0.717, 1.165) is 12.8 Å². The van der Waals surface area contributed by atoms with Crippen LogP contribution in [0.3, 0.4) is 0 Å². The molecule has 27 heavy (non-hydrogen) atoms. The summed E-state index contributed by atoms with van der Waals surface area (Å²) < 4.78 is 14.0. The van der Waals surface area contributed by atoms with Gasteiger partial charge >= 0.3 is 0 Å². The minimum atomic E-state index is -0.643. The summed E-state index contributed by atoms with van der Waals surface area (Å²) in [5.74, 6) is -1.35. The fraction of sp³-hybridized carbons (Fsp3) is 0.526. The Labute approximate surface area is 161 Å². The van der Waals surface area contributed by atoms with E-state index < -0.39 is 11.7 Å². The largest absolute Gasteiger partial charge is 0.339 e. The van der Waals surface area contributed by atoms with E-state index in [9.17, 15) is 18.8 Å². The molecule has 2 aliphatic heterocycles. The molecule has 1 unspecified atom stereocenters. The van der Waals surface area contributed by atoms with E-state index in [0.29, 0.717) is 38.8 Å². The first kappa shape index (κ1) is 18.2. The van der Waals surface area contributed by atoms with Crippen molar-refractivity contribution in [2.24, 2.45) is 5.92 Å². The normalized spacial score (nSPS) is 23.1. The van der Waals surface area contributed by atoms with Crippen molar-refractivity contribution in [2.75, 3.05) is 32.7 Å². The lowest BCUT2D eigenvalue weighted by Gasteiger charge is -2.36. The lowest BCUT2D eigenvalue weighted by Crippen LogP contribution is -2.52. The molecule has 3 aliphatic rings. The lowest BCUT2D eigenvalue weighted by molar-refractivity contribution is -0.137. The highest BCUT2D eigenvalue weighted by Crippen LogP contribution is 2.33. The predicted molar refractivity (Wildman–Crippen MR) is 96.7 cm³/mol. The number of amides is 3. The van der Waals surface area contributed by atoms with Crippen molar-refractivity contribution in [1.82, 2.24) is 14.7 Å². The van der Waals surface area contributed by atoms with Gasteiger partial charge in [0.15, 0.2) is 0 Å². The second kappa shape index (κ2) is 7.11. The van der Waals surface area contributed by atoms with Crippen molar-refractivity contribution >= 4 is 29.3 Å². The Balaban J connectivity index is 1.35. The molecule has 2 heterocycles. The number of rotatable bonds is 3. The van der Waals surface area contributed by atoms with E-state index in [2.05, 4.69) is 0 Å². The summed E-state index contributed by atoms with van der Waals surface area (Å²) in [5.41, 5.74) is -0.125. The molecule has 3 amide bonds. The lowest BCUT2D eigenvalue weighted by atomic mass is 10.1. The number of carbonyl (C=O) groups excluding carboxylic acids is 3. The van der Waals surface area contributed by atoms with Gasteiger partial charge in [-0.1, -0.05) is 17.7 Å². The van der Waals surface area contributed by atoms with Crippen LogP contribution in [0.2, 0.25) is 5.02 Å². The van der Waals surface area contributed by atoms with Crippen molar-refractivity contribution < 1.29 is 18.8 Å². The zero-order valence-corrected chi connectivity index (χ0v) is 15.6. The molecule has 144 valence electrons. The second-order valence-corrected chi connectivity index (χ2v) is 7.80. The first-order valence-corrected chi connectivity index (χ1v) is 9.65. The van der Waals surface area contributed by atoms with Crippen LogP contribution < -0.4 is 0 Å². The Morgan fingerprint density at radius 3 is 2.37 bits per heavy atom. The number of halogens is 2. The molecule has 0 aromatic heterocycles. The Morgan fingerprint density at radius 1 is 1.07 bits per heavy atom. The van der Waals surface area contributed by atoms with Crippen molar-refractivity contribution in [3.05, 3.63) is 34.6 Å². The molecule has 1 aliphatic carbocycles. The van der Waals surface area contributed by atoms with Crippen LogP contribution in [0.1, 0.15) is 29.6 Å². The summed E-state index contributed by atoms with van der Waals surface area (Å²) in [5, 5.41) is 0.0862. The number of hydrogen-bond acceptors (Lipinski definition) is 3. The third-order valence-electron chi connectivity index (χ3n) is 5.55. The van der Waals surface area contributed by atoms with E-state index in [1.54, 1.807) is 4.90 Å². The van der Waals surface area contributed by atoms with Crippen molar-refractivity contribution in [2.45, 2.75) is 25.3 Å². The molecule has 0 N–H and O–H groups in total. The van der Waals surface area contributed by atoms with E-state index in [4.69, 9.17) is 11.6 Å². The van der Waals surface area contributed by atoms with Crippen molar-refractivity contribution in [3.8, 4) is 0 Å². The molecule has 4 rings (SSSR count). The van der Waals surface area contributed by atoms with Gasteiger partial charge in [-0.25, -0.2) is 4.39 Å². The maximum atomic E-state index is 14.0. The minimum Gasteiger partial charge on any atom is -0.339 e. The van der Waals surface area contributed by atoms with Crippen LogP contribution in [-0.4, -0.2) is 71.2 Å². The fourth-order valence-corrected chi connectivity index (χ4v) is 4.13. The molecular weight excluding hydrogens is 373 g/mol. The van der Waals surface area contributed by atoms with E-state index in [-0.39, 0.29) is 34.7 Å². The molecule has 0 radical (unpaired) electrons. The van der Waals surface area contributed by atoms with Crippen LogP contribution in [0, 0.1) is 11.7 Å². The summed E-state index contributed by atoms with van der Waals surface area (Å²) in [4.78, 5) is 42.5. The first-order chi connectivity index (χ1) is 13.0. The van der Waals surface area contributed by atoms with Crippen LogP contribution in [0.4, 0.5) is 4.39 Å². The SMILES string of the molecule is O=C(c1c(F)cccc1Cl)N1CCN(C(=O)C2CC(=O)N(C3CC3)C2)CC1. The van der Waals surface area contributed by atoms with E-state index in [1.165, 1.54) is 23.1 Å². The van der Waals surface area contributed by atoms with Gasteiger partial charge < -0.3 is 14.7 Å². The van der Waals surface area contributed by atoms with E-state index in [1.807, 2.05) is 4.90 Å². The average Bonchev–Trinajstić information content (AvgIpc) is 3.43. The Hall–Kier alpha value is -2.15. The monoisotopic (exact) mass is 393 g/mol. The van der Waals surface area contributed by atoms with Gasteiger partial charge in [0.1, 0.15) is 5.82 Å². The fourth-order valence-electron chi connectivity index (χ4n) is 3.88. The zero-order valence-electron chi connectivity index (χ0n) is 14.9. The number of piperazine rings is 1. The topological polar surface area (TPSA) is 60.9 Å². The van der Waals surface area contributed by atoms with Crippen LogP contribution in [0.25, 0.3) is 0 Å². The molecule has 6 nitrogen and oxygen atoms in total. The van der Waals surface area contributed by atoms with E-state index >= 15 is 0 Å². The summed E-state index contributed by atoms with van der Waals surface area (Å²) in [7, 11) is 0. The molecule has 0 bridgehead atoms. The highest BCUT2D eigenvalue weighted by atomic mass is 35.5. The number of likely N-dealkylation sites (tertiary alicyclic amines) is 1. The van der Waals surface area contributed by atoms with Gasteiger partial charge in [-0.2, -0.15) is 0 Å². The summed E-state index contributed by atoms with van der Waals surface area (Å²) >= 11 is 5.98. The van der Waals surface area contributed by atoms with Gasteiger partial charge in [-0.3, -0.25) is 14.4 Å². The van der Waals surface area contributed by atoms with Crippen LogP contribution in [-0.2, 0) is 9.59 Å². The first-order valence-electron chi connectivity index (χ1n) is 9.27. The van der Waals surface area contributed by atoms with Gasteiger partial charge in [0.2, 0.25) is 11.8 Å². The smallest absolute Gasteiger partial charge is 0.258 e. The van der Waals surface area contributed by atoms with Gasteiger partial charge in [0.05, 0.1) is 16.5 Å². The molecule has 1 aromatic rings.